The van der Waals surface area contributed by atoms with Crippen molar-refractivity contribution in [3.8, 4) is 0 Å². The van der Waals surface area contributed by atoms with E-state index in [2.05, 4.69) is 62.5 Å². The van der Waals surface area contributed by atoms with Gasteiger partial charge in [-0.05, 0) is 70.6 Å². The Morgan fingerprint density at radius 3 is 1.54 bits per heavy atom. The number of carbonyl (C=O) groups excluding carboxylic acids is 2. The molecule has 1 aliphatic heterocycles. The number of hydrogen-bond donors (Lipinski definition) is 4. The molecule has 0 aromatic carbocycles. The SMILES string of the molecule is CCCC/C=C\C/C=C\CCCCCCCC(=O)OCC(COC1OC(CO)C(O)C(O)C1O)OC(=O)CCCCCCCCC/C=C\C/C=C\CCCCC. The number of carbonyl (C=O) groups is 2. The van der Waals surface area contributed by atoms with E-state index in [0.717, 1.165) is 77.0 Å². The number of esters is 2. The molecule has 4 N–H and O–H groups in total. The van der Waals surface area contributed by atoms with Crippen LogP contribution in [0.25, 0.3) is 0 Å². The normalized spacial score (nSPS) is 20.9. The zero-order valence-electron chi connectivity index (χ0n) is 35.1. The summed E-state index contributed by atoms with van der Waals surface area (Å²) in [5.41, 5.74) is 0. The average molecular weight is 793 g/mol. The Kier molecular flexibility index (Phi) is 34.1. The molecule has 0 spiro atoms. The third-order valence-corrected chi connectivity index (χ3v) is 9.94. The maximum Gasteiger partial charge on any atom is 0.306 e. The summed E-state index contributed by atoms with van der Waals surface area (Å²) in [6.07, 6.45) is 35.4. The molecule has 0 aliphatic carbocycles. The summed E-state index contributed by atoms with van der Waals surface area (Å²) >= 11 is 0. The third kappa shape index (κ3) is 28.1. The highest BCUT2D eigenvalue weighted by molar-refractivity contribution is 5.70. The van der Waals surface area contributed by atoms with E-state index >= 15 is 0 Å². The molecular weight excluding hydrogens is 712 g/mol. The van der Waals surface area contributed by atoms with Crippen LogP contribution in [-0.4, -0.2) is 89.0 Å². The number of hydrogen-bond acceptors (Lipinski definition) is 10. The Labute approximate surface area is 339 Å². The Morgan fingerprint density at radius 1 is 0.554 bits per heavy atom. The quantitative estimate of drug-likeness (QED) is 0.0275. The van der Waals surface area contributed by atoms with E-state index in [1.807, 2.05) is 0 Å². The number of aliphatic hydroxyl groups excluding tert-OH is 4. The fourth-order valence-electron chi connectivity index (χ4n) is 6.35. The van der Waals surface area contributed by atoms with E-state index in [9.17, 15) is 30.0 Å². The van der Waals surface area contributed by atoms with Gasteiger partial charge in [0.1, 0.15) is 31.0 Å². The van der Waals surface area contributed by atoms with E-state index < -0.39 is 55.4 Å². The van der Waals surface area contributed by atoms with Crippen molar-refractivity contribution in [2.45, 2.75) is 211 Å². The van der Waals surface area contributed by atoms with E-state index in [0.29, 0.717) is 12.8 Å². The van der Waals surface area contributed by atoms with Crippen LogP contribution in [0.4, 0.5) is 0 Å². The maximum atomic E-state index is 12.8. The number of aliphatic hydroxyl groups is 4. The van der Waals surface area contributed by atoms with Crippen molar-refractivity contribution in [2.24, 2.45) is 0 Å². The minimum Gasteiger partial charge on any atom is -0.462 e. The fourth-order valence-corrected chi connectivity index (χ4v) is 6.35. The highest BCUT2D eigenvalue weighted by atomic mass is 16.7. The zero-order chi connectivity index (χ0) is 40.9. The van der Waals surface area contributed by atoms with Gasteiger partial charge in [-0.25, -0.2) is 0 Å². The van der Waals surface area contributed by atoms with Crippen LogP contribution in [0.1, 0.15) is 174 Å². The lowest BCUT2D eigenvalue weighted by Gasteiger charge is -2.39. The molecule has 0 aromatic rings. The summed E-state index contributed by atoms with van der Waals surface area (Å²) in [5.74, 6) is -0.834. The zero-order valence-corrected chi connectivity index (χ0v) is 35.1. The first-order chi connectivity index (χ1) is 27.3. The fraction of sp³-hybridized carbons (Fsp3) is 0.783. The molecule has 0 amide bonds. The predicted octanol–water partition coefficient (Wildman–Crippen LogP) is 9.28. The van der Waals surface area contributed by atoms with Gasteiger partial charge >= 0.3 is 11.9 Å². The van der Waals surface area contributed by atoms with Gasteiger partial charge in [-0.2, -0.15) is 0 Å². The van der Waals surface area contributed by atoms with Gasteiger partial charge in [-0.1, -0.05) is 140 Å². The molecule has 0 bridgehead atoms. The standard InChI is InChI=1S/C46H80O10/c1-3-5-7-9-11-13-15-17-19-20-21-23-25-27-29-31-33-35-42(49)55-39(38-54-46-45(52)44(51)43(50)40(36-47)56-46)37-53-41(48)34-32-30-28-26-24-22-18-16-14-12-10-8-6-4-2/h10-13,16-19,39-40,43-47,50-52H,3-9,14-15,20-38H2,1-2H3/b12-10-,13-11-,18-16-,19-17-. The van der Waals surface area contributed by atoms with E-state index in [1.165, 1.54) is 57.8 Å². The van der Waals surface area contributed by atoms with Crippen molar-refractivity contribution in [3.05, 3.63) is 48.6 Å². The van der Waals surface area contributed by atoms with Gasteiger partial charge in [0, 0.05) is 12.8 Å². The first-order valence-corrected chi connectivity index (χ1v) is 22.2. The molecule has 1 rings (SSSR count). The molecule has 1 heterocycles. The van der Waals surface area contributed by atoms with Crippen LogP contribution in [-0.2, 0) is 28.5 Å². The van der Waals surface area contributed by atoms with E-state index in [4.69, 9.17) is 18.9 Å². The van der Waals surface area contributed by atoms with Crippen LogP contribution in [0.2, 0.25) is 0 Å². The minimum atomic E-state index is -1.60. The Morgan fingerprint density at radius 2 is 1.02 bits per heavy atom. The van der Waals surface area contributed by atoms with Crippen molar-refractivity contribution in [1.82, 2.24) is 0 Å². The molecule has 1 saturated heterocycles. The second-order valence-electron chi connectivity index (χ2n) is 15.1. The van der Waals surface area contributed by atoms with Crippen LogP contribution >= 0.6 is 0 Å². The molecule has 10 heteroatoms. The topological polar surface area (TPSA) is 152 Å². The second kappa shape index (κ2) is 37.0. The highest BCUT2D eigenvalue weighted by Crippen LogP contribution is 2.22. The van der Waals surface area contributed by atoms with Gasteiger partial charge in [-0.15, -0.1) is 0 Å². The first-order valence-electron chi connectivity index (χ1n) is 22.2. The Bertz CT molecular complexity index is 1050. The summed E-state index contributed by atoms with van der Waals surface area (Å²) in [4.78, 5) is 25.3. The molecule has 0 aromatic heterocycles. The lowest BCUT2D eigenvalue weighted by Crippen LogP contribution is -2.59. The molecule has 1 fully saturated rings. The lowest BCUT2D eigenvalue weighted by molar-refractivity contribution is -0.305. The van der Waals surface area contributed by atoms with E-state index in [1.54, 1.807) is 0 Å². The van der Waals surface area contributed by atoms with Crippen LogP contribution in [0.15, 0.2) is 48.6 Å². The molecule has 56 heavy (non-hydrogen) atoms. The lowest BCUT2D eigenvalue weighted by atomic mass is 9.99. The highest BCUT2D eigenvalue weighted by Gasteiger charge is 2.44. The molecule has 6 unspecified atom stereocenters. The number of ether oxygens (including phenoxy) is 4. The summed E-state index contributed by atoms with van der Waals surface area (Å²) in [5, 5.41) is 40.0. The largest absolute Gasteiger partial charge is 0.462 e. The Balaban J connectivity index is 2.35. The van der Waals surface area contributed by atoms with Crippen LogP contribution in [0.5, 0.6) is 0 Å². The van der Waals surface area contributed by atoms with E-state index in [-0.39, 0.29) is 26.1 Å². The molecule has 6 atom stereocenters. The Hall–Kier alpha value is -2.34. The van der Waals surface area contributed by atoms with Crippen LogP contribution in [0.3, 0.4) is 0 Å². The molecular formula is C46H80O10. The van der Waals surface area contributed by atoms with Crippen molar-refractivity contribution in [3.63, 3.8) is 0 Å². The summed E-state index contributed by atoms with van der Waals surface area (Å²) in [6, 6.07) is 0. The monoisotopic (exact) mass is 793 g/mol. The molecule has 10 nitrogen and oxygen atoms in total. The van der Waals surface area contributed by atoms with Gasteiger partial charge in [0.25, 0.3) is 0 Å². The predicted molar refractivity (Wildman–Crippen MR) is 224 cm³/mol. The summed E-state index contributed by atoms with van der Waals surface area (Å²) in [7, 11) is 0. The first kappa shape index (κ1) is 51.7. The van der Waals surface area contributed by atoms with Gasteiger partial charge in [0.05, 0.1) is 13.2 Å². The molecule has 0 saturated carbocycles. The maximum absolute atomic E-state index is 12.8. The van der Waals surface area contributed by atoms with Crippen molar-refractivity contribution >= 4 is 11.9 Å². The number of allylic oxidation sites excluding steroid dienone is 8. The smallest absolute Gasteiger partial charge is 0.306 e. The molecule has 0 radical (unpaired) electrons. The summed E-state index contributed by atoms with van der Waals surface area (Å²) < 4.78 is 22.1. The van der Waals surface area contributed by atoms with Crippen LogP contribution < -0.4 is 0 Å². The van der Waals surface area contributed by atoms with Crippen molar-refractivity contribution in [2.75, 3.05) is 19.8 Å². The van der Waals surface area contributed by atoms with Gasteiger partial charge in [0.15, 0.2) is 12.4 Å². The van der Waals surface area contributed by atoms with Gasteiger partial charge in [-0.3, -0.25) is 9.59 Å². The second-order valence-corrected chi connectivity index (χ2v) is 15.1. The summed E-state index contributed by atoms with van der Waals surface area (Å²) in [6.45, 7) is 3.33. The van der Waals surface area contributed by atoms with Gasteiger partial charge in [0.2, 0.25) is 0 Å². The van der Waals surface area contributed by atoms with Crippen LogP contribution in [0, 0.1) is 0 Å². The number of rotatable bonds is 36. The molecule has 1 aliphatic rings. The van der Waals surface area contributed by atoms with Gasteiger partial charge < -0.3 is 39.4 Å². The molecule has 324 valence electrons. The van der Waals surface area contributed by atoms with Crippen molar-refractivity contribution in [1.29, 1.82) is 0 Å². The van der Waals surface area contributed by atoms with Crippen molar-refractivity contribution < 1.29 is 49.0 Å². The third-order valence-electron chi connectivity index (χ3n) is 9.94. The number of unbranched alkanes of at least 4 members (excludes halogenated alkanes) is 17. The minimum absolute atomic E-state index is 0.216. The average Bonchev–Trinajstić information content (AvgIpc) is 3.19.